The van der Waals surface area contributed by atoms with Crippen LogP contribution in [0.2, 0.25) is 0 Å². The van der Waals surface area contributed by atoms with Crippen molar-refractivity contribution in [2.24, 2.45) is 5.41 Å². The molecule has 0 bridgehead atoms. The number of ether oxygens (including phenoxy) is 3. The zero-order chi connectivity index (χ0) is 27.7. The van der Waals surface area contributed by atoms with Gasteiger partial charge in [-0.2, -0.15) is 0 Å². The number of rotatable bonds is 5. The quantitative estimate of drug-likeness (QED) is 0.511. The number of aromatic nitrogens is 4. The molecule has 1 aromatic carbocycles. The maximum atomic E-state index is 13.7. The molecular weight excluding hydrogens is 517 g/mol. The van der Waals surface area contributed by atoms with E-state index in [9.17, 15) is 9.18 Å². The Morgan fingerprint density at radius 3 is 2.40 bits per heavy atom. The lowest BCUT2D eigenvalue weighted by atomic mass is 9.90. The maximum absolute atomic E-state index is 13.7. The zero-order valence-corrected chi connectivity index (χ0v) is 22.8. The Labute approximate surface area is 232 Å². The first-order valence-electron chi connectivity index (χ1n) is 13.6. The number of nitrogens with zero attached hydrogens (tertiary/aromatic N) is 6. The summed E-state index contributed by atoms with van der Waals surface area (Å²) in [5.74, 6) is 0.768. The second-order valence-electron chi connectivity index (χ2n) is 10.8. The highest BCUT2D eigenvalue weighted by Gasteiger charge is 2.43. The Balaban J connectivity index is 1.26. The molecule has 12 heteroatoms. The fraction of sp³-hybridized carbons (Fsp3) is 0.500. The molecule has 40 heavy (non-hydrogen) atoms. The molecule has 212 valence electrons. The lowest BCUT2D eigenvalue weighted by Gasteiger charge is -2.41. The van der Waals surface area contributed by atoms with Crippen LogP contribution in [-0.2, 0) is 19.0 Å². The van der Waals surface area contributed by atoms with Gasteiger partial charge >= 0.3 is 0 Å². The smallest absolute Gasteiger partial charge is 0.233 e. The van der Waals surface area contributed by atoms with Crippen LogP contribution in [0.25, 0.3) is 22.6 Å². The number of halogens is 1. The second-order valence-corrected chi connectivity index (χ2v) is 10.8. The second kappa shape index (κ2) is 11.2. The first kappa shape index (κ1) is 26.8. The van der Waals surface area contributed by atoms with Crippen molar-refractivity contribution in [2.75, 3.05) is 77.6 Å². The van der Waals surface area contributed by atoms with Gasteiger partial charge in [-0.1, -0.05) is 0 Å². The van der Waals surface area contributed by atoms with Crippen molar-refractivity contribution in [3.8, 4) is 22.6 Å². The number of piperazine rings is 1. The number of amides is 1. The molecule has 11 nitrogen and oxygen atoms in total. The van der Waals surface area contributed by atoms with Gasteiger partial charge < -0.3 is 33.9 Å². The average Bonchev–Trinajstić information content (AvgIpc) is 3.44. The Morgan fingerprint density at radius 2 is 1.70 bits per heavy atom. The van der Waals surface area contributed by atoms with E-state index in [0.717, 1.165) is 18.7 Å². The predicted molar refractivity (Wildman–Crippen MR) is 145 cm³/mol. The molecule has 0 radical (unpaired) electrons. The van der Waals surface area contributed by atoms with E-state index in [-0.39, 0.29) is 24.9 Å². The summed E-state index contributed by atoms with van der Waals surface area (Å²) in [5, 5.41) is 0. The maximum Gasteiger partial charge on any atom is 0.233 e. The lowest BCUT2D eigenvalue weighted by molar-refractivity contribution is -0.234. The van der Waals surface area contributed by atoms with Crippen LogP contribution in [0.4, 0.5) is 10.3 Å². The molecule has 3 aliphatic rings. The van der Waals surface area contributed by atoms with Gasteiger partial charge in [-0.05, 0) is 44.3 Å². The minimum Gasteiger partial charge on any atom is -0.378 e. The summed E-state index contributed by atoms with van der Waals surface area (Å²) in [4.78, 5) is 36.9. The molecule has 3 aliphatic heterocycles. The van der Waals surface area contributed by atoms with E-state index < -0.39 is 11.7 Å². The highest BCUT2D eigenvalue weighted by molar-refractivity contribution is 5.83. The minimum atomic E-state index is -0.790. The number of hydrogen-bond acceptors (Lipinski definition) is 9. The number of carbonyl (C=O) groups excluding carboxylic acids is 1. The minimum absolute atomic E-state index is 0.0443. The Bertz CT molecular complexity index is 1330. The highest BCUT2D eigenvalue weighted by atomic mass is 19.1. The van der Waals surface area contributed by atoms with Crippen LogP contribution in [0, 0.1) is 11.2 Å². The molecule has 3 fully saturated rings. The highest BCUT2D eigenvalue weighted by Crippen LogP contribution is 2.36. The van der Waals surface area contributed by atoms with Crippen LogP contribution in [0.1, 0.15) is 19.0 Å². The van der Waals surface area contributed by atoms with Crippen molar-refractivity contribution in [3.05, 3.63) is 48.2 Å². The van der Waals surface area contributed by atoms with Gasteiger partial charge in [0.05, 0.1) is 48.9 Å². The molecule has 3 aromatic rings. The Hall–Kier alpha value is -3.45. The van der Waals surface area contributed by atoms with E-state index in [1.54, 1.807) is 18.3 Å². The normalized spacial score (nSPS) is 24.3. The zero-order valence-electron chi connectivity index (χ0n) is 22.8. The first-order valence-corrected chi connectivity index (χ1v) is 13.6. The summed E-state index contributed by atoms with van der Waals surface area (Å²) < 4.78 is 31.4. The topological polar surface area (TPSA) is 109 Å². The van der Waals surface area contributed by atoms with Crippen molar-refractivity contribution in [1.82, 2.24) is 29.7 Å². The average molecular weight is 552 g/mol. The first-order chi connectivity index (χ1) is 19.4. The van der Waals surface area contributed by atoms with Gasteiger partial charge in [0.25, 0.3) is 0 Å². The number of morpholine rings is 1. The molecular formula is C28H34FN7O4. The van der Waals surface area contributed by atoms with Crippen molar-refractivity contribution in [2.45, 2.75) is 13.2 Å². The van der Waals surface area contributed by atoms with E-state index in [0.29, 0.717) is 68.2 Å². The Kier molecular flexibility index (Phi) is 7.49. The number of benzene rings is 1. The van der Waals surface area contributed by atoms with Gasteiger partial charge in [-0.15, -0.1) is 0 Å². The summed E-state index contributed by atoms with van der Waals surface area (Å²) in [6.45, 7) is 8.05. The van der Waals surface area contributed by atoms with Crippen LogP contribution in [0.3, 0.4) is 0 Å². The molecule has 0 saturated carbocycles. The molecule has 2 aromatic heterocycles. The summed E-state index contributed by atoms with van der Waals surface area (Å²) >= 11 is 0. The molecule has 0 atom stereocenters. The SMILES string of the molecule is CN1CCN(C(=O)C2(C)COC(c3nc(-c4ccc(F)cc4)c(-c4ccnc(N5CCOCC5)n4)[nH]3)OC2)CC1. The standard InChI is InChI=1S/C28H34FN7O4/c1-28(26(37)35-11-9-34(2)10-12-35)17-39-25(40-18-28)24-32-22(19-3-5-20(29)6-4-19)23(33-24)21-7-8-30-27(31-21)36-13-15-38-16-14-36/h3-8,25H,9-18H2,1-2H3,(H,32,33). The molecule has 1 N–H and O–H groups in total. The van der Waals surface area contributed by atoms with E-state index in [1.165, 1.54) is 12.1 Å². The van der Waals surface area contributed by atoms with Crippen molar-refractivity contribution in [3.63, 3.8) is 0 Å². The third kappa shape index (κ3) is 5.44. The molecule has 0 spiro atoms. The summed E-state index contributed by atoms with van der Waals surface area (Å²) in [7, 11) is 2.06. The number of likely N-dealkylation sites (N-methyl/N-ethyl adjacent to an activating group) is 1. The fourth-order valence-corrected chi connectivity index (χ4v) is 5.19. The predicted octanol–water partition coefficient (Wildman–Crippen LogP) is 2.34. The van der Waals surface area contributed by atoms with Gasteiger partial charge in [0, 0.05) is 51.0 Å². The van der Waals surface area contributed by atoms with Crippen LogP contribution in [0.15, 0.2) is 36.5 Å². The van der Waals surface area contributed by atoms with Crippen molar-refractivity contribution < 1.29 is 23.4 Å². The van der Waals surface area contributed by atoms with Crippen LogP contribution >= 0.6 is 0 Å². The monoisotopic (exact) mass is 551 g/mol. The fourth-order valence-electron chi connectivity index (χ4n) is 5.19. The number of aromatic amines is 1. The van der Waals surface area contributed by atoms with E-state index in [1.807, 2.05) is 17.9 Å². The van der Waals surface area contributed by atoms with Gasteiger partial charge in [0.1, 0.15) is 5.82 Å². The van der Waals surface area contributed by atoms with Crippen LogP contribution in [0.5, 0.6) is 0 Å². The van der Waals surface area contributed by atoms with Crippen LogP contribution < -0.4 is 4.90 Å². The van der Waals surface area contributed by atoms with Crippen molar-refractivity contribution in [1.29, 1.82) is 0 Å². The number of hydrogen-bond donors (Lipinski definition) is 1. The van der Waals surface area contributed by atoms with E-state index in [2.05, 4.69) is 26.8 Å². The van der Waals surface area contributed by atoms with E-state index in [4.69, 9.17) is 24.2 Å². The summed E-state index contributed by atoms with van der Waals surface area (Å²) in [6, 6.07) is 7.96. The van der Waals surface area contributed by atoms with Gasteiger partial charge in [-0.25, -0.2) is 19.3 Å². The lowest BCUT2D eigenvalue weighted by Crippen LogP contribution is -2.55. The van der Waals surface area contributed by atoms with Gasteiger partial charge in [0.2, 0.25) is 18.1 Å². The van der Waals surface area contributed by atoms with Crippen LogP contribution in [-0.4, -0.2) is 108 Å². The third-order valence-corrected chi connectivity index (χ3v) is 7.67. The summed E-state index contributed by atoms with van der Waals surface area (Å²) in [5.41, 5.74) is 1.82. The molecule has 0 unspecified atom stereocenters. The Morgan fingerprint density at radius 1 is 1.00 bits per heavy atom. The third-order valence-electron chi connectivity index (χ3n) is 7.67. The summed E-state index contributed by atoms with van der Waals surface area (Å²) in [6.07, 6.45) is 0.923. The number of nitrogens with one attached hydrogen (secondary N) is 1. The molecule has 1 amide bonds. The van der Waals surface area contributed by atoms with Gasteiger partial charge in [-0.3, -0.25) is 4.79 Å². The molecule has 3 saturated heterocycles. The molecule has 5 heterocycles. The number of H-pyrrole nitrogens is 1. The number of carbonyl (C=O) groups is 1. The largest absolute Gasteiger partial charge is 0.378 e. The van der Waals surface area contributed by atoms with Crippen molar-refractivity contribution >= 4 is 11.9 Å². The van der Waals surface area contributed by atoms with Gasteiger partial charge in [0.15, 0.2) is 5.82 Å². The number of imidazole rings is 1. The molecule has 0 aliphatic carbocycles. The van der Waals surface area contributed by atoms with E-state index >= 15 is 0 Å². The number of anilines is 1. The molecule has 6 rings (SSSR count).